The van der Waals surface area contributed by atoms with E-state index in [-0.39, 0.29) is 11.4 Å². The minimum absolute atomic E-state index is 0.0300. The van der Waals surface area contributed by atoms with Crippen LogP contribution in [0.15, 0.2) is 18.2 Å². The summed E-state index contributed by atoms with van der Waals surface area (Å²) >= 11 is 0. The quantitative estimate of drug-likeness (QED) is 0.749. The molecule has 0 radical (unpaired) electrons. The summed E-state index contributed by atoms with van der Waals surface area (Å²) in [5, 5.41) is 8.80. The number of carboxylic acids is 1. The number of hydrogen-bond donors (Lipinski definition) is 2. The zero-order chi connectivity index (χ0) is 11.6. The topological polar surface area (TPSA) is 72.5 Å². The number of benzene rings is 1. The Morgan fingerprint density at radius 1 is 1.53 bits per heavy atom. The number of anilines is 1. The summed E-state index contributed by atoms with van der Waals surface area (Å²) in [4.78, 5) is 10.8. The van der Waals surface area contributed by atoms with E-state index < -0.39 is 17.4 Å². The number of carbonyl (C=O) groups is 1. The van der Waals surface area contributed by atoms with E-state index in [9.17, 15) is 9.18 Å². The smallest absolute Gasteiger partial charge is 0.347 e. The number of halogens is 1. The lowest BCUT2D eigenvalue weighted by atomic mass is 10.1. The lowest BCUT2D eigenvalue weighted by Gasteiger charge is -2.22. The van der Waals surface area contributed by atoms with Crippen molar-refractivity contribution in [1.82, 2.24) is 0 Å². The Hall–Kier alpha value is -1.78. The fourth-order valence-electron chi connectivity index (χ4n) is 0.915. The SMILES string of the molecule is CC(C)(Oc1cc(F)ccc1N)C(=O)O. The lowest BCUT2D eigenvalue weighted by molar-refractivity contribution is -0.152. The molecule has 0 aliphatic carbocycles. The first kappa shape index (κ1) is 11.3. The van der Waals surface area contributed by atoms with Crippen molar-refractivity contribution in [3.63, 3.8) is 0 Å². The Labute approximate surface area is 86.5 Å². The zero-order valence-corrected chi connectivity index (χ0v) is 8.45. The zero-order valence-electron chi connectivity index (χ0n) is 8.45. The maximum Gasteiger partial charge on any atom is 0.347 e. The number of nitrogens with two attached hydrogens (primary N) is 1. The van der Waals surface area contributed by atoms with Crippen molar-refractivity contribution >= 4 is 11.7 Å². The van der Waals surface area contributed by atoms with Crippen molar-refractivity contribution < 1.29 is 19.0 Å². The van der Waals surface area contributed by atoms with Crippen LogP contribution in [0.2, 0.25) is 0 Å². The predicted octanol–water partition coefficient (Wildman–Crippen LogP) is 1.65. The van der Waals surface area contributed by atoms with E-state index in [1.54, 1.807) is 0 Å². The van der Waals surface area contributed by atoms with E-state index in [0.717, 1.165) is 6.07 Å². The van der Waals surface area contributed by atoms with Crippen LogP contribution in [0.5, 0.6) is 5.75 Å². The van der Waals surface area contributed by atoms with E-state index in [4.69, 9.17) is 15.6 Å². The first-order valence-corrected chi connectivity index (χ1v) is 4.30. The van der Waals surface area contributed by atoms with Crippen LogP contribution in [-0.2, 0) is 4.79 Å². The van der Waals surface area contributed by atoms with Gasteiger partial charge in [-0.1, -0.05) is 0 Å². The van der Waals surface area contributed by atoms with Crippen molar-refractivity contribution in [2.24, 2.45) is 0 Å². The molecule has 1 aromatic rings. The molecule has 0 aliphatic rings. The van der Waals surface area contributed by atoms with Gasteiger partial charge in [0.05, 0.1) is 5.69 Å². The Balaban J connectivity index is 2.99. The molecule has 0 bridgehead atoms. The molecular weight excluding hydrogens is 201 g/mol. The summed E-state index contributed by atoms with van der Waals surface area (Å²) in [5.74, 6) is -1.64. The van der Waals surface area contributed by atoms with Crippen LogP contribution in [0.4, 0.5) is 10.1 Å². The fraction of sp³-hybridized carbons (Fsp3) is 0.300. The van der Waals surface area contributed by atoms with Crippen molar-refractivity contribution in [2.75, 3.05) is 5.73 Å². The summed E-state index contributed by atoms with van der Waals surface area (Å²) in [6.45, 7) is 2.72. The van der Waals surface area contributed by atoms with Crippen LogP contribution in [0.3, 0.4) is 0 Å². The molecule has 0 spiro atoms. The maximum absolute atomic E-state index is 12.8. The second-order valence-corrected chi connectivity index (χ2v) is 3.60. The van der Waals surface area contributed by atoms with Crippen LogP contribution in [-0.4, -0.2) is 16.7 Å². The summed E-state index contributed by atoms with van der Waals surface area (Å²) in [7, 11) is 0. The molecule has 1 rings (SSSR count). The third kappa shape index (κ3) is 2.59. The second kappa shape index (κ2) is 3.76. The lowest BCUT2D eigenvalue weighted by Crippen LogP contribution is -2.38. The number of carboxylic acid groups (broad SMARTS) is 1. The highest BCUT2D eigenvalue weighted by Gasteiger charge is 2.30. The van der Waals surface area contributed by atoms with Crippen LogP contribution in [0.25, 0.3) is 0 Å². The monoisotopic (exact) mass is 213 g/mol. The van der Waals surface area contributed by atoms with Crippen molar-refractivity contribution in [3.8, 4) is 5.75 Å². The second-order valence-electron chi connectivity index (χ2n) is 3.60. The van der Waals surface area contributed by atoms with Gasteiger partial charge in [0.15, 0.2) is 5.60 Å². The van der Waals surface area contributed by atoms with Crippen LogP contribution in [0, 0.1) is 5.82 Å². The van der Waals surface area contributed by atoms with Gasteiger partial charge in [-0.25, -0.2) is 9.18 Å². The summed E-state index contributed by atoms with van der Waals surface area (Å²) in [5.41, 5.74) is 4.27. The number of nitrogen functional groups attached to an aromatic ring is 1. The van der Waals surface area contributed by atoms with Gasteiger partial charge in [-0.3, -0.25) is 0 Å². The van der Waals surface area contributed by atoms with Gasteiger partial charge in [-0.15, -0.1) is 0 Å². The van der Waals surface area contributed by atoms with E-state index in [1.165, 1.54) is 26.0 Å². The Bertz CT molecular complexity index is 390. The first-order valence-electron chi connectivity index (χ1n) is 4.30. The standard InChI is InChI=1S/C10H12FNO3/c1-10(2,9(13)14)15-8-5-6(11)3-4-7(8)12/h3-5H,12H2,1-2H3,(H,13,14). The summed E-state index contributed by atoms with van der Waals surface area (Å²) in [6, 6.07) is 3.55. The van der Waals surface area contributed by atoms with Gasteiger partial charge in [0.1, 0.15) is 11.6 Å². The normalized spacial score (nSPS) is 11.1. The highest BCUT2D eigenvalue weighted by Crippen LogP contribution is 2.26. The molecule has 4 nitrogen and oxygen atoms in total. The molecule has 82 valence electrons. The van der Waals surface area contributed by atoms with E-state index >= 15 is 0 Å². The highest BCUT2D eigenvalue weighted by atomic mass is 19.1. The largest absolute Gasteiger partial charge is 0.478 e. The van der Waals surface area contributed by atoms with Gasteiger partial charge in [-0.05, 0) is 26.0 Å². The van der Waals surface area contributed by atoms with Crippen molar-refractivity contribution in [3.05, 3.63) is 24.0 Å². The first-order chi connectivity index (χ1) is 6.83. The Morgan fingerprint density at radius 2 is 2.13 bits per heavy atom. The molecule has 0 aromatic heterocycles. The van der Waals surface area contributed by atoms with Crippen LogP contribution < -0.4 is 10.5 Å². The molecule has 0 unspecified atom stereocenters. The van der Waals surface area contributed by atoms with Crippen LogP contribution in [0.1, 0.15) is 13.8 Å². The molecule has 5 heteroatoms. The van der Waals surface area contributed by atoms with Crippen molar-refractivity contribution in [2.45, 2.75) is 19.4 Å². The van der Waals surface area contributed by atoms with E-state index in [0.29, 0.717) is 0 Å². The number of rotatable bonds is 3. The average molecular weight is 213 g/mol. The fourth-order valence-corrected chi connectivity index (χ4v) is 0.915. The van der Waals surface area contributed by atoms with E-state index in [1.807, 2.05) is 0 Å². The van der Waals surface area contributed by atoms with Gasteiger partial charge in [-0.2, -0.15) is 0 Å². The summed E-state index contributed by atoms with van der Waals surface area (Å²) < 4.78 is 18.0. The predicted molar refractivity (Wildman–Crippen MR) is 53.2 cm³/mol. The average Bonchev–Trinajstić information content (AvgIpc) is 2.10. The number of ether oxygens (including phenoxy) is 1. The molecule has 3 N–H and O–H groups in total. The molecule has 0 aliphatic heterocycles. The van der Waals surface area contributed by atoms with Crippen molar-refractivity contribution in [1.29, 1.82) is 0 Å². The molecule has 0 fully saturated rings. The molecule has 15 heavy (non-hydrogen) atoms. The number of hydrogen-bond acceptors (Lipinski definition) is 3. The third-order valence-corrected chi connectivity index (χ3v) is 1.86. The Kier molecular flexibility index (Phi) is 2.83. The van der Waals surface area contributed by atoms with Gasteiger partial charge < -0.3 is 15.6 Å². The molecule has 0 saturated heterocycles. The third-order valence-electron chi connectivity index (χ3n) is 1.86. The van der Waals surface area contributed by atoms with Gasteiger partial charge in [0.25, 0.3) is 0 Å². The molecular formula is C10H12FNO3. The van der Waals surface area contributed by atoms with Gasteiger partial charge in [0.2, 0.25) is 0 Å². The molecule has 0 amide bonds. The maximum atomic E-state index is 12.8. The highest BCUT2D eigenvalue weighted by molar-refractivity contribution is 5.77. The Morgan fingerprint density at radius 3 is 2.67 bits per heavy atom. The molecule has 0 atom stereocenters. The molecule has 0 heterocycles. The minimum atomic E-state index is -1.44. The molecule has 0 saturated carbocycles. The summed E-state index contributed by atoms with van der Waals surface area (Å²) in [6.07, 6.45) is 0. The van der Waals surface area contributed by atoms with E-state index in [2.05, 4.69) is 0 Å². The molecule has 1 aromatic carbocycles. The van der Waals surface area contributed by atoms with Crippen LogP contribution >= 0.6 is 0 Å². The minimum Gasteiger partial charge on any atom is -0.478 e. The van der Waals surface area contributed by atoms with Gasteiger partial charge in [0, 0.05) is 6.07 Å². The van der Waals surface area contributed by atoms with Gasteiger partial charge >= 0.3 is 5.97 Å². The number of aliphatic carboxylic acids is 1.